The molecule has 1 heterocycles. The molecule has 1 unspecified atom stereocenters. The van der Waals surface area contributed by atoms with Crippen LogP contribution in [0.1, 0.15) is 23.2 Å². The van der Waals surface area contributed by atoms with Crippen LogP contribution in [0.25, 0.3) is 0 Å². The molecule has 0 fully saturated rings. The van der Waals surface area contributed by atoms with Gasteiger partial charge in [-0.2, -0.15) is 0 Å². The number of nitrogens with zero attached hydrogens (tertiary/aromatic N) is 1. The highest BCUT2D eigenvalue weighted by Crippen LogP contribution is 2.15. The lowest BCUT2D eigenvalue weighted by atomic mass is 10.0. The lowest BCUT2D eigenvalue weighted by molar-refractivity contribution is -0.140. The Bertz CT molecular complexity index is 903. The molecular formula is C19H30N6O6S. The fourth-order valence-corrected chi connectivity index (χ4v) is 4.09. The van der Waals surface area contributed by atoms with Crippen LogP contribution in [0.15, 0.2) is 29.3 Å². The molecule has 1 aromatic rings. The molecule has 0 radical (unpaired) electrons. The standard InChI is InChI=1S/C19H30N6O6S/c1-30-17(26)11-15(25-32(28,29)12-16(20)21)18(27)13-3-5-14(6-4-13)31-10-9-24-19-22-7-2-8-23-19/h3-6,15-16,25H,2,7-12,20-21H2,1H3,(H2,22,23,24). The maximum Gasteiger partial charge on any atom is 0.307 e. The molecule has 0 saturated carbocycles. The lowest BCUT2D eigenvalue weighted by Gasteiger charge is -2.18. The van der Waals surface area contributed by atoms with Gasteiger partial charge in [-0.3, -0.25) is 14.6 Å². The first-order valence-corrected chi connectivity index (χ1v) is 11.7. The number of ketones is 1. The summed E-state index contributed by atoms with van der Waals surface area (Å²) >= 11 is 0. The monoisotopic (exact) mass is 470 g/mol. The summed E-state index contributed by atoms with van der Waals surface area (Å²) in [4.78, 5) is 28.8. The van der Waals surface area contributed by atoms with Crippen LogP contribution >= 0.6 is 0 Å². The number of esters is 1. The number of Topliss-reactive ketones (excluding diaryl/α,β-unsaturated/α-hetero) is 1. The predicted molar refractivity (Wildman–Crippen MR) is 119 cm³/mol. The first-order chi connectivity index (χ1) is 15.2. The highest BCUT2D eigenvalue weighted by atomic mass is 32.2. The van der Waals surface area contributed by atoms with Gasteiger partial charge in [0.05, 0.1) is 38.0 Å². The number of aliphatic imine (C=N–C) groups is 1. The number of ether oxygens (including phenoxy) is 2. The number of methoxy groups -OCH3 is 1. The fraction of sp³-hybridized carbons (Fsp3) is 0.526. The molecule has 0 spiro atoms. The Morgan fingerprint density at radius 3 is 2.56 bits per heavy atom. The Morgan fingerprint density at radius 1 is 1.25 bits per heavy atom. The van der Waals surface area contributed by atoms with Gasteiger partial charge in [0.15, 0.2) is 11.7 Å². The zero-order valence-corrected chi connectivity index (χ0v) is 18.7. The summed E-state index contributed by atoms with van der Waals surface area (Å²) in [5, 5.41) is 6.27. The first kappa shape index (κ1) is 25.5. The van der Waals surface area contributed by atoms with Crippen LogP contribution in [0, 0.1) is 0 Å². The van der Waals surface area contributed by atoms with Crippen molar-refractivity contribution in [2.45, 2.75) is 25.0 Å². The quantitative estimate of drug-likeness (QED) is 0.102. The summed E-state index contributed by atoms with van der Waals surface area (Å²) in [6.07, 6.45) is -0.598. The second kappa shape index (κ2) is 12.3. The minimum absolute atomic E-state index is 0.199. The maximum absolute atomic E-state index is 12.8. The third-order valence-corrected chi connectivity index (χ3v) is 5.82. The summed E-state index contributed by atoms with van der Waals surface area (Å²) in [5.74, 6) is -0.663. The van der Waals surface area contributed by atoms with Gasteiger partial charge in [-0.05, 0) is 30.7 Å². The highest BCUT2D eigenvalue weighted by Gasteiger charge is 2.28. The molecule has 0 amide bonds. The maximum atomic E-state index is 12.8. The van der Waals surface area contributed by atoms with Crippen molar-refractivity contribution in [3.8, 4) is 5.75 Å². The molecule has 12 nitrogen and oxygen atoms in total. The molecule has 1 aliphatic heterocycles. The summed E-state index contributed by atoms with van der Waals surface area (Å²) in [5.41, 5.74) is 10.9. The highest BCUT2D eigenvalue weighted by molar-refractivity contribution is 7.89. The molecule has 178 valence electrons. The van der Waals surface area contributed by atoms with Gasteiger partial charge in [0, 0.05) is 18.7 Å². The van der Waals surface area contributed by atoms with Crippen molar-refractivity contribution in [3.05, 3.63) is 29.8 Å². The van der Waals surface area contributed by atoms with E-state index >= 15 is 0 Å². The second-order valence-corrected chi connectivity index (χ2v) is 8.87. The van der Waals surface area contributed by atoms with Crippen molar-refractivity contribution in [1.29, 1.82) is 0 Å². The number of guanidine groups is 1. The number of rotatable bonds is 12. The van der Waals surface area contributed by atoms with E-state index < -0.39 is 46.2 Å². The topological polar surface area (TPSA) is 187 Å². The SMILES string of the molecule is COC(=O)CC(NS(=O)(=O)CC(N)N)C(=O)c1ccc(OCCNC2=NCCCN2)cc1. The minimum atomic E-state index is -3.99. The molecule has 1 atom stereocenters. The van der Waals surface area contributed by atoms with Gasteiger partial charge in [-0.1, -0.05) is 0 Å². The van der Waals surface area contributed by atoms with Gasteiger partial charge >= 0.3 is 5.97 Å². The van der Waals surface area contributed by atoms with Crippen LogP contribution in [-0.2, 0) is 19.6 Å². The summed E-state index contributed by atoms with van der Waals surface area (Å²) in [6, 6.07) is 4.80. The minimum Gasteiger partial charge on any atom is -0.492 e. The predicted octanol–water partition coefficient (Wildman–Crippen LogP) is -1.72. The number of sulfonamides is 1. The van der Waals surface area contributed by atoms with E-state index in [2.05, 4.69) is 25.1 Å². The Kier molecular flexibility index (Phi) is 9.84. The molecule has 0 aliphatic carbocycles. The van der Waals surface area contributed by atoms with Crippen molar-refractivity contribution in [2.75, 3.05) is 39.1 Å². The average molecular weight is 471 g/mol. The number of nitrogens with one attached hydrogen (secondary N) is 3. The van der Waals surface area contributed by atoms with E-state index in [0.717, 1.165) is 32.6 Å². The Balaban J connectivity index is 1.96. The van der Waals surface area contributed by atoms with Gasteiger partial charge in [-0.25, -0.2) is 13.1 Å². The molecule has 0 saturated heterocycles. The number of hydrogen-bond donors (Lipinski definition) is 5. The normalized spacial score (nSPS) is 14.8. The van der Waals surface area contributed by atoms with E-state index in [4.69, 9.17) is 16.2 Å². The van der Waals surface area contributed by atoms with E-state index in [1.165, 1.54) is 12.1 Å². The molecular weight excluding hydrogens is 440 g/mol. The van der Waals surface area contributed by atoms with E-state index in [1.54, 1.807) is 12.1 Å². The number of carbonyl (C=O) groups excluding carboxylic acids is 2. The van der Waals surface area contributed by atoms with Gasteiger partial charge in [0.2, 0.25) is 10.0 Å². The van der Waals surface area contributed by atoms with Gasteiger partial charge in [-0.15, -0.1) is 0 Å². The molecule has 1 aromatic carbocycles. The zero-order valence-electron chi connectivity index (χ0n) is 17.9. The fourth-order valence-electron chi connectivity index (χ4n) is 2.86. The number of carbonyl (C=O) groups is 2. The van der Waals surface area contributed by atoms with Gasteiger partial charge in [0.25, 0.3) is 0 Å². The van der Waals surface area contributed by atoms with Crippen LogP contribution in [-0.4, -0.2) is 77.4 Å². The molecule has 13 heteroatoms. The Hall–Kier alpha value is -2.74. The average Bonchev–Trinajstić information content (AvgIpc) is 2.75. The largest absolute Gasteiger partial charge is 0.492 e. The Labute approximate surface area is 187 Å². The van der Waals surface area contributed by atoms with E-state index in [-0.39, 0.29) is 5.56 Å². The van der Waals surface area contributed by atoms with Crippen molar-refractivity contribution in [1.82, 2.24) is 15.4 Å². The third kappa shape index (κ3) is 8.78. The van der Waals surface area contributed by atoms with E-state index in [1.807, 2.05) is 0 Å². The van der Waals surface area contributed by atoms with Crippen LogP contribution in [0.4, 0.5) is 0 Å². The summed E-state index contributed by atoms with van der Waals surface area (Å²) in [6.45, 7) is 2.59. The number of benzene rings is 1. The summed E-state index contributed by atoms with van der Waals surface area (Å²) < 4.78 is 36.7. The van der Waals surface area contributed by atoms with Crippen molar-refractivity contribution in [2.24, 2.45) is 16.5 Å². The molecule has 32 heavy (non-hydrogen) atoms. The van der Waals surface area contributed by atoms with Gasteiger partial charge < -0.3 is 31.6 Å². The van der Waals surface area contributed by atoms with Crippen LogP contribution in [0.3, 0.4) is 0 Å². The summed E-state index contributed by atoms with van der Waals surface area (Å²) in [7, 11) is -2.85. The van der Waals surface area contributed by atoms with E-state index in [0.29, 0.717) is 18.9 Å². The molecule has 1 aliphatic rings. The zero-order chi connectivity index (χ0) is 23.6. The molecule has 0 bridgehead atoms. The van der Waals surface area contributed by atoms with Crippen molar-refractivity contribution < 1.29 is 27.5 Å². The Morgan fingerprint density at radius 2 is 1.97 bits per heavy atom. The van der Waals surface area contributed by atoms with Crippen LogP contribution in [0.5, 0.6) is 5.75 Å². The van der Waals surface area contributed by atoms with Crippen molar-refractivity contribution >= 4 is 27.7 Å². The van der Waals surface area contributed by atoms with Crippen molar-refractivity contribution in [3.63, 3.8) is 0 Å². The third-order valence-electron chi connectivity index (χ3n) is 4.35. The second-order valence-electron chi connectivity index (χ2n) is 7.07. The van der Waals surface area contributed by atoms with E-state index in [9.17, 15) is 18.0 Å². The number of hydrogen-bond acceptors (Lipinski definition) is 11. The molecule has 7 N–H and O–H groups in total. The molecule has 0 aromatic heterocycles. The van der Waals surface area contributed by atoms with Gasteiger partial charge in [0.1, 0.15) is 12.4 Å². The van der Waals surface area contributed by atoms with Crippen LogP contribution in [0.2, 0.25) is 0 Å². The lowest BCUT2D eigenvalue weighted by Crippen LogP contribution is -2.48. The first-order valence-electron chi connectivity index (χ1n) is 10.1. The molecule has 2 rings (SSSR count). The smallest absolute Gasteiger partial charge is 0.307 e. The van der Waals surface area contributed by atoms with Crippen LogP contribution < -0.4 is 31.6 Å². The number of nitrogens with two attached hydrogens (primary N) is 2.